The van der Waals surface area contributed by atoms with Gasteiger partial charge >= 0.3 is 5.69 Å². The highest BCUT2D eigenvalue weighted by molar-refractivity contribution is 5.78. The summed E-state index contributed by atoms with van der Waals surface area (Å²) in [7, 11) is 1.63. The lowest BCUT2D eigenvalue weighted by molar-refractivity contribution is -0.131. The average molecular weight is 435 g/mol. The molecule has 7 heteroatoms. The molecule has 0 radical (unpaired) electrons. The van der Waals surface area contributed by atoms with Crippen LogP contribution in [0.2, 0.25) is 0 Å². The monoisotopic (exact) mass is 434 g/mol. The number of hydrogen-bond acceptors (Lipinski definition) is 4. The lowest BCUT2D eigenvalue weighted by Gasteiger charge is -2.31. The minimum absolute atomic E-state index is 0.0654. The number of carbonyl (C=O) groups excluding carboxylic acids is 1. The van der Waals surface area contributed by atoms with Gasteiger partial charge in [-0.3, -0.25) is 9.36 Å². The zero-order valence-electron chi connectivity index (χ0n) is 18.7. The molecule has 32 heavy (non-hydrogen) atoms. The number of carbonyl (C=O) groups is 1. The first kappa shape index (κ1) is 21.9. The van der Waals surface area contributed by atoms with Crippen molar-refractivity contribution in [2.75, 3.05) is 20.2 Å². The molecule has 0 atom stereocenters. The standard InChI is InChI=1S/C25H30N4O3/c1-3-28-24(26-29(25(28)31)18-20-7-5-4-6-8-20)21-13-15-27(16-14-21)23(30)17-19-9-11-22(32-2)12-10-19/h4-12,21H,3,13-18H2,1-2H3. The SMILES string of the molecule is CCn1c(C2CCN(C(=O)Cc3ccc(OC)cc3)CC2)nn(Cc2ccccc2)c1=O. The molecule has 0 aliphatic carbocycles. The molecule has 2 aromatic carbocycles. The van der Waals surface area contributed by atoms with Crippen LogP contribution in [0, 0.1) is 0 Å². The Morgan fingerprint density at radius 3 is 2.34 bits per heavy atom. The van der Waals surface area contributed by atoms with Gasteiger partial charge < -0.3 is 9.64 Å². The van der Waals surface area contributed by atoms with Crippen molar-refractivity contribution in [3.8, 4) is 5.75 Å². The first-order valence-electron chi connectivity index (χ1n) is 11.2. The summed E-state index contributed by atoms with van der Waals surface area (Å²) in [5.41, 5.74) is 1.97. The van der Waals surface area contributed by atoms with Gasteiger partial charge in [-0.2, -0.15) is 5.10 Å². The van der Waals surface area contributed by atoms with Crippen molar-refractivity contribution >= 4 is 5.91 Å². The summed E-state index contributed by atoms with van der Waals surface area (Å²) in [4.78, 5) is 27.6. The van der Waals surface area contributed by atoms with Crippen LogP contribution in [0.25, 0.3) is 0 Å². The molecule has 0 saturated carbocycles. The van der Waals surface area contributed by atoms with Crippen LogP contribution in [0.4, 0.5) is 0 Å². The number of methoxy groups -OCH3 is 1. The highest BCUT2D eigenvalue weighted by Crippen LogP contribution is 2.27. The molecule has 2 heterocycles. The number of likely N-dealkylation sites (tertiary alicyclic amines) is 1. The first-order chi connectivity index (χ1) is 15.6. The van der Waals surface area contributed by atoms with Crippen LogP contribution in [0.1, 0.15) is 42.6 Å². The lowest BCUT2D eigenvalue weighted by atomic mass is 9.95. The summed E-state index contributed by atoms with van der Waals surface area (Å²) in [5, 5.41) is 4.71. The maximum Gasteiger partial charge on any atom is 0.346 e. The van der Waals surface area contributed by atoms with Crippen LogP contribution in [0.5, 0.6) is 5.75 Å². The van der Waals surface area contributed by atoms with E-state index in [0.29, 0.717) is 32.6 Å². The summed E-state index contributed by atoms with van der Waals surface area (Å²) in [5.74, 6) is 1.95. The Bertz CT molecular complexity index is 1090. The highest BCUT2D eigenvalue weighted by Gasteiger charge is 2.28. The molecule has 0 bridgehead atoms. The van der Waals surface area contributed by atoms with Crippen molar-refractivity contribution in [2.24, 2.45) is 0 Å². The van der Waals surface area contributed by atoms with Crippen LogP contribution < -0.4 is 10.4 Å². The van der Waals surface area contributed by atoms with E-state index in [2.05, 4.69) is 0 Å². The van der Waals surface area contributed by atoms with E-state index in [9.17, 15) is 9.59 Å². The Labute approximate surface area is 188 Å². The van der Waals surface area contributed by atoms with E-state index >= 15 is 0 Å². The van der Waals surface area contributed by atoms with Gasteiger partial charge in [0, 0.05) is 25.6 Å². The highest BCUT2D eigenvalue weighted by atomic mass is 16.5. The van der Waals surface area contributed by atoms with E-state index < -0.39 is 0 Å². The fraction of sp³-hybridized carbons (Fsp3) is 0.400. The molecule has 0 N–H and O–H groups in total. The number of rotatable bonds is 7. The van der Waals surface area contributed by atoms with Gasteiger partial charge in [-0.1, -0.05) is 42.5 Å². The lowest BCUT2D eigenvalue weighted by Crippen LogP contribution is -2.39. The van der Waals surface area contributed by atoms with Crippen molar-refractivity contribution in [1.82, 2.24) is 19.2 Å². The Hall–Kier alpha value is -3.35. The van der Waals surface area contributed by atoms with E-state index in [-0.39, 0.29) is 17.5 Å². The molecule has 1 aliphatic rings. The zero-order chi connectivity index (χ0) is 22.5. The molecule has 1 saturated heterocycles. The van der Waals surface area contributed by atoms with Gasteiger partial charge in [-0.25, -0.2) is 9.48 Å². The third kappa shape index (κ3) is 4.77. The van der Waals surface area contributed by atoms with E-state index in [1.165, 1.54) is 0 Å². The average Bonchev–Trinajstić information content (AvgIpc) is 3.15. The van der Waals surface area contributed by atoms with Gasteiger partial charge in [0.1, 0.15) is 11.6 Å². The number of ether oxygens (including phenoxy) is 1. The van der Waals surface area contributed by atoms with E-state index in [1.54, 1.807) is 16.4 Å². The maximum absolute atomic E-state index is 12.9. The molecule has 0 spiro atoms. The van der Waals surface area contributed by atoms with Gasteiger partial charge in [-0.05, 0) is 43.0 Å². The Balaban J connectivity index is 1.40. The summed E-state index contributed by atoms with van der Waals surface area (Å²) >= 11 is 0. The fourth-order valence-electron chi connectivity index (χ4n) is 4.33. The number of aromatic nitrogens is 3. The minimum atomic E-state index is -0.0654. The molecular formula is C25H30N4O3. The second-order valence-corrected chi connectivity index (χ2v) is 8.21. The van der Waals surface area contributed by atoms with Crippen molar-refractivity contribution < 1.29 is 9.53 Å². The van der Waals surface area contributed by atoms with Crippen molar-refractivity contribution in [3.05, 3.63) is 82.0 Å². The van der Waals surface area contributed by atoms with Crippen LogP contribution in [-0.2, 0) is 24.3 Å². The number of amides is 1. The summed E-state index contributed by atoms with van der Waals surface area (Å²) in [6, 6.07) is 17.5. The van der Waals surface area contributed by atoms with Crippen LogP contribution in [0.15, 0.2) is 59.4 Å². The third-order valence-corrected chi connectivity index (χ3v) is 6.17. The Kier molecular flexibility index (Phi) is 6.73. The van der Waals surface area contributed by atoms with Gasteiger partial charge in [0.25, 0.3) is 0 Å². The molecular weight excluding hydrogens is 404 g/mol. The normalized spacial score (nSPS) is 14.5. The van der Waals surface area contributed by atoms with Gasteiger partial charge in [-0.15, -0.1) is 0 Å². The molecule has 3 aromatic rings. The summed E-state index contributed by atoms with van der Waals surface area (Å²) < 4.78 is 8.52. The number of benzene rings is 2. The van der Waals surface area contributed by atoms with E-state index in [0.717, 1.165) is 35.5 Å². The summed E-state index contributed by atoms with van der Waals surface area (Å²) in [6.07, 6.45) is 2.02. The predicted molar refractivity (Wildman–Crippen MR) is 123 cm³/mol. The molecule has 4 rings (SSSR count). The topological polar surface area (TPSA) is 69.4 Å². The van der Waals surface area contributed by atoms with Crippen molar-refractivity contribution in [3.63, 3.8) is 0 Å². The molecule has 1 amide bonds. The second kappa shape index (κ2) is 9.85. The van der Waals surface area contributed by atoms with Crippen LogP contribution in [0.3, 0.4) is 0 Å². The van der Waals surface area contributed by atoms with Gasteiger partial charge in [0.15, 0.2) is 0 Å². The summed E-state index contributed by atoms with van der Waals surface area (Å²) in [6.45, 7) is 4.41. The van der Waals surface area contributed by atoms with E-state index in [1.807, 2.05) is 66.4 Å². The van der Waals surface area contributed by atoms with Gasteiger partial charge in [0.05, 0.1) is 20.1 Å². The second-order valence-electron chi connectivity index (χ2n) is 8.21. The van der Waals surface area contributed by atoms with Crippen LogP contribution in [-0.4, -0.2) is 45.4 Å². The molecule has 7 nitrogen and oxygen atoms in total. The maximum atomic E-state index is 12.9. The number of piperidine rings is 1. The largest absolute Gasteiger partial charge is 0.497 e. The number of nitrogens with zero attached hydrogens (tertiary/aromatic N) is 4. The molecule has 0 unspecified atom stereocenters. The predicted octanol–water partition coefficient (Wildman–Crippen LogP) is 3.07. The van der Waals surface area contributed by atoms with Crippen molar-refractivity contribution in [2.45, 2.75) is 45.2 Å². The Morgan fingerprint density at radius 1 is 1.03 bits per heavy atom. The third-order valence-electron chi connectivity index (χ3n) is 6.17. The van der Waals surface area contributed by atoms with E-state index in [4.69, 9.17) is 9.84 Å². The fourth-order valence-corrected chi connectivity index (χ4v) is 4.33. The smallest absolute Gasteiger partial charge is 0.346 e. The first-order valence-corrected chi connectivity index (χ1v) is 11.2. The molecule has 1 aromatic heterocycles. The molecule has 1 aliphatic heterocycles. The quantitative estimate of drug-likeness (QED) is 0.573. The van der Waals surface area contributed by atoms with Gasteiger partial charge in [0.2, 0.25) is 5.91 Å². The Morgan fingerprint density at radius 2 is 1.72 bits per heavy atom. The van der Waals surface area contributed by atoms with Crippen LogP contribution >= 0.6 is 0 Å². The number of hydrogen-bond donors (Lipinski definition) is 0. The zero-order valence-corrected chi connectivity index (χ0v) is 18.7. The molecule has 168 valence electrons. The van der Waals surface area contributed by atoms with Crippen molar-refractivity contribution in [1.29, 1.82) is 0 Å². The molecule has 1 fully saturated rings. The minimum Gasteiger partial charge on any atom is -0.497 e.